The zero-order valence-corrected chi connectivity index (χ0v) is 18.6. The van der Waals surface area contributed by atoms with Crippen molar-refractivity contribution in [3.63, 3.8) is 0 Å². The highest BCUT2D eigenvalue weighted by molar-refractivity contribution is 7.89. The van der Waals surface area contributed by atoms with Gasteiger partial charge in [0, 0.05) is 31.9 Å². The standard InChI is InChI=1S/C20H27ClN4O3S/c1-14(2)11-18(20(22)26)25(13-15-5-10-19(23-12-15)24(3)4)29(27,28)17-8-6-16(21)7-9-17/h5-10,12,14,18H,11,13H2,1-4H3,(H2,22,26)/t18-/m1/s1. The van der Waals surface area contributed by atoms with Gasteiger partial charge in [0.25, 0.3) is 0 Å². The number of sulfonamides is 1. The highest BCUT2D eigenvalue weighted by Crippen LogP contribution is 2.25. The molecule has 0 saturated heterocycles. The number of carbonyl (C=O) groups is 1. The average Bonchev–Trinajstić information content (AvgIpc) is 2.64. The largest absolute Gasteiger partial charge is 0.368 e. The lowest BCUT2D eigenvalue weighted by Gasteiger charge is -2.30. The molecule has 1 atom stereocenters. The minimum atomic E-state index is -4.00. The number of amides is 1. The number of halogens is 1. The van der Waals surface area contributed by atoms with Crippen molar-refractivity contribution in [1.82, 2.24) is 9.29 Å². The summed E-state index contributed by atoms with van der Waals surface area (Å²) in [4.78, 5) is 18.4. The number of nitrogens with zero attached hydrogens (tertiary/aromatic N) is 3. The van der Waals surface area contributed by atoms with Crippen molar-refractivity contribution < 1.29 is 13.2 Å². The lowest BCUT2D eigenvalue weighted by molar-refractivity contribution is -0.122. The molecule has 1 heterocycles. The molecule has 9 heteroatoms. The van der Waals surface area contributed by atoms with Gasteiger partial charge < -0.3 is 10.6 Å². The number of pyridine rings is 1. The molecule has 0 bridgehead atoms. The highest BCUT2D eigenvalue weighted by atomic mass is 35.5. The molecule has 1 aromatic heterocycles. The third kappa shape index (κ3) is 5.91. The Bertz CT molecular complexity index is 929. The fraction of sp³-hybridized carbons (Fsp3) is 0.400. The molecule has 0 saturated carbocycles. The number of hydrogen-bond acceptors (Lipinski definition) is 5. The summed E-state index contributed by atoms with van der Waals surface area (Å²) in [5.41, 5.74) is 6.27. The normalized spacial score (nSPS) is 12.9. The van der Waals surface area contributed by atoms with E-state index < -0.39 is 22.0 Å². The molecular weight excluding hydrogens is 412 g/mol. The Labute approximate surface area is 177 Å². The fourth-order valence-corrected chi connectivity index (χ4v) is 4.60. The smallest absolute Gasteiger partial charge is 0.244 e. The van der Waals surface area contributed by atoms with E-state index in [1.54, 1.807) is 18.3 Å². The molecule has 0 fully saturated rings. The van der Waals surface area contributed by atoms with E-state index in [1.165, 1.54) is 24.3 Å². The Hall–Kier alpha value is -2.16. The average molecular weight is 439 g/mol. The number of benzene rings is 1. The molecule has 0 aliphatic heterocycles. The summed E-state index contributed by atoms with van der Waals surface area (Å²) in [6.45, 7) is 3.80. The van der Waals surface area contributed by atoms with Crippen LogP contribution in [0.5, 0.6) is 0 Å². The van der Waals surface area contributed by atoms with Crippen LogP contribution in [-0.4, -0.2) is 43.8 Å². The van der Waals surface area contributed by atoms with Crippen LogP contribution < -0.4 is 10.6 Å². The summed E-state index contributed by atoms with van der Waals surface area (Å²) in [6.07, 6.45) is 1.92. The molecule has 0 spiro atoms. The second-order valence-electron chi connectivity index (χ2n) is 7.47. The van der Waals surface area contributed by atoms with Crippen LogP contribution in [-0.2, 0) is 21.4 Å². The molecule has 2 N–H and O–H groups in total. The van der Waals surface area contributed by atoms with E-state index in [2.05, 4.69) is 4.98 Å². The lowest BCUT2D eigenvalue weighted by atomic mass is 10.0. The SMILES string of the molecule is CC(C)C[C@H](C(N)=O)N(Cc1ccc(N(C)C)nc1)S(=O)(=O)c1ccc(Cl)cc1. The van der Waals surface area contributed by atoms with Gasteiger partial charge in [-0.2, -0.15) is 4.31 Å². The molecule has 0 radical (unpaired) electrons. The first-order valence-corrected chi connectivity index (χ1v) is 11.0. The van der Waals surface area contributed by atoms with Crippen molar-refractivity contribution in [3.05, 3.63) is 53.2 Å². The number of carbonyl (C=O) groups excluding carboxylic acids is 1. The lowest BCUT2D eigenvalue weighted by Crippen LogP contribution is -2.48. The van der Waals surface area contributed by atoms with E-state index >= 15 is 0 Å². The molecular formula is C20H27ClN4O3S. The quantitative estimate of drug-likeness (QED) is 0.649. The van der Waals surface area contributed by atoms with E-state index in [1.807, 2.05) is 32.8 Å². The number of primary amides is 1. The Kier molecular flexibility index (Phi) is 7.62. The first-order chi connectivity index (χ1) is 13.5. The van der Waals surface area contributed by atoms with Gasteiger partial charge in [-0.05, 0) is 48.2 Å². The first-order valence-electron chi connectivity index (χ1n) is 9.21. The summed E-state index contributed by atoms with van der Waals surface area (Å²) in [5.74, 6) is 0.133. The van der Waals surface area contributed by atoms with Crippen LogP contribution in [0.15, 0.2) is 47.5 Å². The minimum Gasteiger partial charge on any atom is -0.368 e. The maximum Gasteiger partial charge on any atom is 0.244 e. The maximum absolute atomic E-state index is 13.4. The third-order valence-electron chi connectivity index (χ3n) is 4.40. The van der Waals surface area contributed by atoms with Crippen LogP contribution >= 0.6 is 11.6 Å². The molecule has 0 aliphatic carbocycles. The summed E-state index contributed by atoms with van der Waals surface area (Å²) in [7, 11) is -0.264. The fourth-order valence-electron chi connectivity index (χ4n) is 2.88. The zero-order valence-electron chi connectivity index (χ0n) is 17.0. The predicted molar refractivity (Wildman–Crippen MR) is 115 cm³/mol. The van der Waals surface area contributed by atoms with Gasteiger partial charge in [-0.15, -0.1) is 0 Å². The number of anilines is 1. The van der Waals surface area contributed by atoms with Gasteiger partial charge in [-0.3, -0.25) is 4.79 Å². The Morgan fingerprint density at radius 2 is 1.76 bits per heavy atom. The predicted octanol–water partition coefficient (Wildman–Crippen LogP) is 2.89. The highest BCUT2D eigenvalue weighted by Gasteiger charge is 2.35. The monoisotopic (exact) mass is 438 g/mol. The summed E-state index contributed by atoms with van der Waals surface area (Å²) >= 11 is 5.90. The van der Waals surface area contributed by atoms with Gasteiger partial charge in [-0.25, -0.2) is 13.4 Å². The van der Waals surface area contributed by atoms with Crippen LogP contribution in [0.1, 0.15) is 25.8 Å². The molecule has 2 rings (SSSR count). The Morgan fingerprint density at radius 3 is 2.21 bits per heavy atom. The van der Waals surface area contributed by atoms with Gasteiger partial charge in [0.15, 0.2) is 0 Å². The van der Waals surface area contributed by atoms with Crippen LogP contribution in [0.3, 0.4) is 0 Å². The van der Waals surface area contributed by atoms with Gasteiger partial charge >= 0.3 is 0 Å². The zero-order chi connectivity index (χ0) is 21.8. The van der Waals surface area contributed by atoms with E-state index in [-0.39, 0.29) is 17.4 Å². The van der Waals surface area contributed by atoms with Crippen molar-refractivity contribution in [2.24, 2.45) is 11.7 Å². The van der Waals surface area contributed by atoms with Crippen molar-refractivity contribution in [1.29, 1.82) is 0 Å². The molecule has 29 heavy (non-hydrogen) atoms. The van der Waals surface area contributed by atoms with Gasteiger partial charge in [0.05, 0.1) is 4.90 Å². The van der Waals surface area contributed by atoms with Crippen LogP contribution in [0, 0.1) is 5.92 Å². The summed E-state index contributed by atoms with van der Waals surface area (Å²) in [6, 6.07) is 8.45. The van der Waals surface area contributed by atoms with Gasteiger partial charge in [0.1, 0.15) is 11.9 Å². The van der Waals surface area contributed by atoms with Crippen molar-refractivity contribution >= 4 is 33.3 Å². The van der Waals surface area contributed by atoms with E-state index in [9.17, 15) is 13.2 Å². The number of rotatable bonds is 9. The van der Waals surface area contributed by atoms with Crippen LogP contribution in [0.2, 0.25) is 5.02 Å². The van der Waals surface area contributed by atoms with Crippen molar-refractivity contribution in [2.75, 3.05) is 19.0 Å². The minimum absolute atomic E-state index is 0.0218. The Balaban J connectivity index is 2.49. The number of hydrogen-bond donors (Lipinski definition) is 1. The summed E-state index contributed by atoms with van der Waals surface area (Å²) < 4.78 is 28.0. The van der Waals surface area contributed by atoms with E-state index in [0.29, 0.717) is 17.0 Å². The number of nitrogens with two attached hydrogens (primary N) is 1. The van der Waals surface area contributed by atoms with Crippen LogP contribution in [0.4, 0.5) is 5.82 Å². The van der Waals surface area contributed by atoms with Crippen molar-refractivity contribution in [3.8, 4) is 0 Å². The molecule has 0 aliphatic rings. The second kappa shape index (κ2) is 9.56. The molecule has 0 unspecified atom stereocenters. The maximum atomic E-state index is 13.4. The van der Waals surface area contributed by atoms with Crippen LogP contribution in [0.25, 0.3) is 0 Å². The Morgan fingerprint density at radius 1 is 1.14 bits per heavy atom. The molecule has 158 valence electrons. The third-order valence-corrected chi connectivity index (χ3v) is 6.52. The first kappa shape index (κ1) is 23.1. The van der Waals surface area contributed by atoms with E-state index in [4.69, 9.17) is 17.3 Å². The van der Waals surface area contributed by atoms with Gasteiger partial charge in [-0.1, -0.05) is 31.5 Å². The second-order valence-corrected chi connectivity index (χ2v) is 9.80. The van der Waals surface area contributed by atoms with Crippen molar-refractivity contribution in [2.45, 2.75) is 37.8 Å². The van der Waals surface area contributed by atoms with E-state index in [0.717, 1.165) is 10.1 Å². The van der Waals surface area contributed by atoms with Gasteiger partial charge in [0.2, 0.25) is 15.9 Å². The number of aromatic nitrogens is 1. The topological polar surface area (TPSA) is 96.6 Å². The molecule has 2 aromatic rings. The summed E-state index contributed by atoms with van der Waals surface area (Å²) in [5, 5.41) is 0.424. The molecule has 1 aromatic carbocycles. The molecule has 1 amide bonds. The molecule has 7 nitrogen and oxygen atoms in total.